The quantitative estimate of drug-likeness (QED) is 0.164. The zero-order valence-electron chi connectivity index (χ0n) is 31.0. The zero-order valence-corrected chi connectivity index (χ0v) is 31.0. The molecule has 6 aliphatic heterocycles. The molecule has 0 amide bonds. The lowest BCUT2D eigenvalue weighted by Crippen LogP contribution is -3.04. The Labute approximate surface area is 316 Å². The third-order valence-electron chi connectivity index (χ3n) is 12.7. The summed E-state index contributed by atoms with van der Waals surface area (Å²) in [4.78, 5) is 42.3. The van der Waals surface area contributed by atoms with Crippen LogP contribution in [-0.4, -0.2) is 56.7 Å². The minimum Gasteiger partial charge on any atom is -0.507 e. The number of allylic oxidation sites excluding steroid dienone is 1. The Morgan fingerprint density at radius 2 is 1.87 bits per heavy atom. The second-order valence-corrected chi connectivity index (χ2v) is 16.6. The number of ether oxygens (including phenoxy) is 3. The number of quaternary nitrogens is 1. The first-order valence-electron chi connectivity index (χ1n) is 19.0. The molecule has 3 aromatic heterocycles. The van der Waals surface area contributed by atoms with Gasteiger partial charge in [-0.2, -0.15) is 0 Å². The summed E-state index contributed by atoms with van der Waals surface area (Å²) in [6, 6.07) is 10.8. The molecule has 2 spiro atoms. The molecule has 7 aliphatic rings. The number of anilines is 2. The zero-order chi connectivity index (χ0) is 38.0. The van der Waals surface area contributed by atoms with Gasteiger partial charge in [0.05, 0.1) is 17.5 Å². The van der Waals surface area contributed by atoms with Crippen molar-refractivity contribution in [1.29, 1.82) is 0 Å². The summed E-state index contributed by atoms with van der Waals surface area (Å²) in [5, 5.41) is 11.8. The second-order valence-electron chi connectivity index (χ2n) is 16.6. The molecule has 282 valence electrons. The van der Waals surface area contributed by atoms with Gasteiger partial charge in [0.2, 0.25) is 0 Å². The number of rotatable bonds is 6. The molecular weight excluding hydrogens is 700 g/mol. The first-order chi connectivity index (χ1) is 26.3. The number of pyridine rings is 2. The number of nitrogens with zero attached hydrogens (tertiary/aromatic N) is 3. The highest BCUT2D eigenvalue weighted by atomic mass is 16.7. The fourth-order valence-corrected chi connectivity index (χ4v) is 10.1. The van der Waals surface area contributed by atoms with Crippen molar-refractivity contribution in [1.82, 2.24) is 9.97 Å². The number of esters is 1. The summed E-state index contributed by atoms with van der Waals surface area (Å²) >= 11 is 0. The molecule has 13 nitrogen and oxygen atoms in total. The van der Waals surface area contributed by atoms with Crippen LogP contribution >= 0.6 is 0 Å². The fourth-order valence-electron chi connectivity index (χ4n) is 10.1. The monoisotopic (exact) mass is 743 g/mol. The van der Waals surface area contributed by atoms with Crippen LogP contribution in [0.25, 0.3) is 22.2 Å². The number of fused-ring (bicyclic) bond motifs is 5. The number of aromatic hydroxyl groups is 1. The third kappa shape index (κ3) is 5.30. The van der Waals surface area contributed by atoms with Gasteiger partial charge in [0.15, 0.2) is 16.6 Å². The molecule has 6 N–H and O–H groups in total. The van der Waals surface area contributed by atoms with E-state index in [0.717, 1.165) is 35.5 Å². The minimum atomic E-state index is -1.08. The number of nitrogens with one attached hydrogen (secondary N) is 1. The summed E-state index contributed by atoms with van der Waals surface area (Å²) in [6.07, 6.45) is 9.38. The molecule has 0 radical (unpaired) electrons. The average Bonchev–Trinajstić information content (AvgIpc) is 3.41. The largest absolute Gasteiger partial charge is 0.507 e. The number of phenols is 1. The van der Waals surface area contributed by atoms with Crippen molar-refractivity contribution >= 4 is 34.8 Å². The molecule has 1 aliphatic carbocycles. The number of nitrogen functional groups attached to an aromatic ring is 2. The molecule has 13 heteroatoms. The minimum absolute atomic E-state index is 0.110. The SMILES string of the molecule is Cc1cc(=O)c2c(O)c3c(cc2o1)OC(C)(C)[C@@]12CC[C@@H](C[C@H]31)C[C@]1(O[C@@H]1CCc1cc(N)nc(-c3cc(N)nc(C[NH+]4C=C5N=CC=C5C4)c3)c1)C(=O)O2. The molecule has 4 fully saturated rings. The van der Waals surface area contributed by atoms with Crippen molar-refractivity contribution in [2.45, 2.75) is 94.7 Å². The maximum atomic E-state index is 14.3. The van der Waals surface area contributed by atoms with Gasteiger partial charge in [0.25, 0.3) is 0 Å². The summed E-state index contributed by atoms with van der Waals surface area (Å²) in [5.41, 5.74) is 15.6. The van der Waals surface area contributed by atoms with Crippen molar-refractivity contribution < 1.29 is 33.4 Å². The van der Waals surface area contributed by atoms with E-state index in [-0.39, 0.29) is 40.1 Å². The Morgan fingerprint density at radius 1 is 1.04 bits per heavy atom. The van der Waals surface area contributed by atoms with Gasteiger partial charge in [0, 0.05) is 41.0 Å². The average molecular weight is 744 g/mol. The lowest BCUT2D eigenvalue weighted by Gasteiger charge is -2.58. The normalized spacial score (nSPS) is 29.5. The van der Waals surface area contributed by atoms with Crippen molar-refractivity contribution in [3.63, 3.8) is 0 Å². The van der Waals surface area contributed by atoms with Crippen LogP contribution in [0.3, 0.4) is 0 Å². The van der Waals surface area contributed by atoms with Gasteiger partial charge < -0.3 is 35.2 Å². The summed E-state index contributed by atoms with van der Waals surface area (Å²) in [6.45, 7) is 7.06. The van der Waals surface area contributed by atoms with Crippen LogP contribution in [0, 0.1) is 12.8 Å². The van der Waals surface area contributed by atoms with E-state index in [0.29, 0.717) is 73.1 Å². The molecule has 4 aromatic rings. The van der Waals surface area contributed by atoms with E-state index in [4.69, 9.17) is 30.1 Å². The molecular formula is C42H43N6O7+. The van der Waals surface area contributed by atoms with Crippen LogP contribution in [0.4, 0.5) is 11.6 Å². The first kappa shape index (κ1) is 34.0. The number of hydrogen-bond donors (Lipinski definition) is 4. The number of hydrogen-bond acceptors (Lipinski definition) is 12. The van der Waals surface area contributed by atoms with E-state index in [1.54, 1.807) is 13.0 Å². The smallest absolute Gasteiger partial charge is 0.341 e. The van der Waals surface area contributed by atoms with E-state index < -0.39 is 22.8 Å². The number of nitrogens with two attached hydrogens (primary N) is 2. The highest BCUT2D eigenvalue weighted by Crippen LogP contribution is 2.64. The van der Waals surface area contributed by atoms with Crippen molar-refractivity contribution in [3.05, 3.63) is 92.7 Å². The number of phenolic OH excluding ortho intramolecular Hbond substituents is 1. The fraction of sp³-hybridized carbons (Fsp3) is 0.405. The highest BCUT2D eigenvalue weighted by molar-refractivity contribution is 5.88. The molecule has 3 saturated heterocycles. The lowest BCUT2D eigenvalue weighted by atomic mass is 9.58. The summed E-state index contributed by atoms with van der Waals surface area (Å²) in [5.74, 6) is 0.859. The topological polar surface area (TPSA) is 193 Å². The maximum absolute atomic E-state index is 14.3. The van der Waals surface area contributed by atoms with E-state index in [1.165, 1.54) is 16.5 Å². The summed E-state index contributed by atoms with van der Waals surface area (Å²) in [7, 11) is 0. The second kappa shape index (κ2) is 11.7. The Bertz CT molecular complexity index is 2510. The lowest BCUT2D eigenvalue weighted by molar-refractivity contribution is -0.852. The molecule has 55 heavy (non-hydrogen) atoms. The number of benzene rings is 1. The van der Waals surface area contributed by atoms with Crippen LogP contribution in [0.2, 0.25) is 0 Å². The number of carbonyl (C=O) groups is 1. The number of carbonyl (C=O) groups excluding carboxylic acids is 1. The van der Waals surface area contributed by atoms with Crippen LogP contribution < -0.4 is 26.5 Å². The van der Waals surface area contributed by atoms with Crippen LogP contribution in [0.5, 0.6) is 11.5 Å². The highest BCUT2D eigenvalue weighted by Gasteiger charge is 2.71. The molecule has 2 bridgehead atoms. The molecule has 1 saturated carbocycles. The van der Waals surface area contributed by atoms with Gasteiger partial charge in [-0.15, -0.1) is 0 Å². The molecule has 9 heterocycles. The van der Waals surface area contributed by atoms with Crippen molar-refractivity contribution in [3.8, 4) is 22.8 Å². The van der Waals surface area contributed by atoms with Gasteiger partial charge in [-0.3, -0.25) is 14.7 Å². The number of aromatic nitrogens is 2. The molecule has 6 atom stereocenters. The van der Waals surface area contributed by atoms with Crippen molar-refractivity contribution in [2.24, 2.45) is 10.9 Å². The van der Waals surface area contributed by atoms with Crippen LogP contribution in [0.15, 0.2) is 74.1 Å². The van der Waals surface area contributed by atoms with Crippen molar-refractivity contribution in [2.75, 3.05) is 18.0 Å². The van der Waals surface area contributed by atoms with Gasteiger partial charge in [-0.05, 0) is 101 Å². The van der Waals surface area contributed by atoms with E-state index >= 15 is 0 Å². The molecule has 1 unspecified atom stereocenters. The van der Waals surface area contributed by atoms with E-state index in [1.807, 2.05) is 50.4 Å². The number of epoxide rings is 1. The predicted molar refractivity (Wildman–Crippen MR) is 204 cm³/mol. The Balaban J connectivity index is 0.886. The molecule has 11 rings (SSSR count). The van der Waals surface area contributed by atoms with Gasteiger partial charge in [-0.1, -0.05) is 0 Å². The standard InChI is InChI=1S/C42H42N6O7/c1-21-10-30(49)37-31(52-21)16-32-36(38(37)50)27-11-23-6-8-42(27,40(2,3)53-32)55-39(51)41(17-23)33(54-41)5-4-22-12-28(47-34(43)13-22)25-14-26(46-35(44)15-25)19-48-18-24-7-9-45-29(24)20-48/h7,9-10,12-16,20,23,27,33,50H,4-6,8,11,17-19H2,1-3H3,(H2,43,47)(H2,44,46)/p+1/t23-,27+,33+,41+,42+/m0/s1. The first-order valence-corrected chi connectivity index (χ1v) is 19.0. The predicted octanol–water partition coefficient (Wildman–Crippen LogP) is 4.19. The Kier molecular flexibility index (Phi) is 7.25. The van der Waals surface area contributed by atoms with Crippen LogP contribution in [-0.2, 0) is 27.2 Å². The van der Waals surface area contributed by atoms with Gasteiger partial charge in [0.1, 0.15) is 70.5 Å². The number of aliphatic imine (C=N–C) groups is 1. The number of aryl methyl sites for hydroxylation is 2. The van der Waals surface area contributed by atoms with Gasteiger partial charge in [-0.25, -0.2) is 14.8 Å². The van der Waals surface area contributed by atoms with E-state index in [2.05, 4.69) is 21.2 Å². The molecule has 1 aromatic carbocycles. The maximum Gasteiger partial charge on any atom is 0.341 e. The third-order valence-corrected chi connectivity index (χ3v) is 12.7. The van der Waals surface area contributed by atoms with E-state index in [9.17, 15) is 14.7 Å². The Hall–Kier alpha value is -5.53. The van der Waals surface area contributed by atoms with Gasteiger partial charge >= 0.3 is 5.97 Å². The summed E-state index contributed by atoms with van der Waals surface area (Å²) < 4.78 is 25.4. The Morgan fingerprint density at radius 3 is 2.71 bits per heavy atom. The van der Waals surface area contributed by atoms with Crippen LogP contribution in [0.1, 0.15) is 74.5 Å².